The van der Waals surface area contributed by atoms with Crippen molar-refractivity contribution in [2.24, 2.45) is 5.92 Å². The average Bonchev–Trinajstić information content (AvgIpc) is 3.22. The third-order valence-corrected chi connectivity index (χ3v) is 5.86. The number of ether oxygens (including phenoxy) is 1. The predicted molar refractivity (Wildman–Crippen MR) is 107 cm³/mol. The quantitative estimate of drug-likeness (QED) is 0.668. The zero-order chi connectivity index (χ0) is 19.3. The Morgan fingerprint density at radius 1 is 1.18 bits per heavy atom. The van der Waals surface area contributed by atoms with Crippen molar-refractivity contribution in [3.63, 3.8) is 0 Å². The van der Waals surface area contributed by atoms with Crippen molar-refractivity contribution >= 4 is 6.01 Å². The highest BCUT2D eigenvalue weighted by Crippen LogP contribution is 2.26. The van der Waals surface area contributed by atoms with Gasteiger partial charge in [-0.1, -0.05) is 19.0 Å². The van der Waals surface area contributed by atoms with E-state index in [-0.39, 0.29) is 0 Å². The summed E-state index contributed by atoms with van der Waals surface area (Å²) in [6, 6.07) is 1.22. The second kappa shape index (κ2) is 8.88. The minimum atomic E-state index is 0.300. The van der Waals surface area contributed by atoms with Gasteiger partial charge in [0.2, 0.25) is 0 Å². The first-order valence-corrected chi connectivity index (χ1v) is 10.7. The first-order chi connectivity index (χ1) is 13.7. The predicted octanol–water partition coefficient (Wildman–Crippen LogP) is 3.94. The minimum Gasteiger partial charge on any atom is -0.463 e. The van der Waals surface area contributed by atoms with Gasteiger partial charge in [0.05, 0.1) is 12.3 Å². The van der Waals surface area contributed by atoms with Crippen LogP contribution in [0, 0.1) is 5.92 Å². The van der Waals surface area contributed by atoms with E-state index in [1.807, 2.05) is 6.20 Å². The Bertz CT molecular complexity index is 768. The van der Waals surface area contributed by atoms with Crippen molar-refractivity contribution in [2.75, 3.05) is 24.6 Å². The Labute approximate surface area is 166 Å². The van der Waals surface area contributed by atoms with Crippen LogP contribution in [0.4, 0.5) is 6.01 Å². The van der Waals surface area contributed by atoms with Crippen molar-refractivity contribution in [2.45, 2.75) is 71.1 Å². The molecule has 28 heavy (non-hydrogen) atoms. The number of fused-ring (bicyclic) bond motifs is 1. The first kappa shape index (κ1) is 19.2. The smallest absolute Gasteiger partial charge is 0.324 e. The Morgan fingerprint density at radius 3 is 2.79 bits per heavy atom. The van der Waals surface area contributed by atoms with Crippen LogP contribution in [0.15, 0.2) is 10.7 Å². The molecule has 0 amide bonds. The lowest BCUT2D eigenvalue weighted by atomic mass is 9.92. The topological polar surface area (TPSA) is 77.2 Å². The Morgan fingerprint density at radius 2 is 2.00 bits per heavy atom. The van der Waals surface area contributed by atoms with E-state index in [1.54, 1.807) is 0 Å². The monoisotopic (exact) mass is 385 g/mol. The molecule has 0 N–H and O–H groups in total. The zero-order valence-electron chi connectivity index (χ0n) is 17.1. The first-order valence-electron chi connectivity index (χ1n) is 10.7. The molecule has 1 saturated heterocycles. The molecule has 0 radical (unpaired) electrons. The Balaban J connectivity index is 1.16. The van der Waals surface area contributed by atoms with Crippen LogP contribution in [-0.2, 0) is 12.8 Å². The minimum absolute atomic E-state index is 0.300. The number of anilines is 1. The molecule has 3 heterocycles. The molecule has 152 valence electrons. The SMILES string of the molecule is CC(C)c1noc(N2CCC(CCCOc3ncc4c(n3)CCCC4)CC2)n1. The molecule has 1 fully saturated rings. The van der Waals surface area contributed by atoms with Gasteiger partial charge in [0.25, 0.3) is 0 Å². The van der Waals surface area contributed by atoms with Gasteiger partial charge in [-0.2, -0.15) is 9.97 Å². The summed E-state index contributed by atoms with van der Waals surface area (Å²) in [5.41, 5.74) is 2.48. The van der Waals surface area contributed by atoms with Gasteiger partial charge in [-0.25, -0.2) is 4.98 Å². The van der Waals surface area contributed by atoms with Crippen molar-refractivity contribution in [3.05, 3.63) is 23.3 Å². The van der Waals surface area contributed by atoms with Gasteiger partial charge < -0.3 is 14.2 Å². The van der Waals surface area contributed by atoms with Crippen LogP contribution in [0.1, 0.15) is 75.4 Å². The highest BCUT2D eigenvalue weighted by Gasteiger charge is 2.23. The van der Waals surface area contributed by atoms with E-state index in [0.29, 0.717) is 24.5 Å². The summed E-state index contributed by atoms with van der Waals surface area (Å²) in [7, 11) is 0. The van der Waals surface area contributed by atoms with Crippen molar-refractivity contribution < 1.29 is 9.26 Å². The third-order valence-electron chi connectivity index (χ3n) is 5.86. The molecule has 0 saturated carbocycles. The molecule has 0 atom stereocenters. The van der Waals surface area contributed by atoms with Crippen molar-refractivity contribution in [1.29, 1.82) is 0 Å². The molecule has 2 aromatic rings. The molecule has 7 nitrogen and oxygen atoms in total. The van der Waals surface area contributed by atoms with Crippen molar-refractivity contribution in [1.82, 2.24) is 20.1 Å². The average molecular weight is 386 g/mol. The Kier molecular flexibility index (Phi) is 6.07. The standard InChI is InChI=1S/C21H31N5O2/c1-15(2)19-24-21(28-25-19)26-11-9-16(10-12-26)6-5-13-27-20-22-14-17-7-3-4-8-18(17)23-20/h14-16H,3-13H2,1-2H3. The lowest BCUT2D eigenvalue weighted by Crippen LogP contribution is -2.34. The maximum Gasteiger partial charge on any atom is 0.324 e. The number of hydrogen-bond donors (Lipinski definition) is 0. The van der Waals surface area contributed by atoms with E-state index in [2.05, 4.69) is 38.9 Å². The van der Waals surface area contributed by atoms with Gasteiger partial charge in [0, 0.05) is 25.2 Å². The largest absolute Gasteiger partial charge is 0.463 e. The number of piperidine rings is 1. The van der Waals surface area contributed by atoms with Crippen LogP contribution in [0.3, 0.4) is 0 Å². The number of aromatic nitrogens is 4. The van der Waals surface area contributed by atoms with E-state index in [0.717, 1.165) is 56.9 Å². The Hall–Kier alpha value is -2.18. The highest BCUT2D eigenvalue weighted by molar-refractivity contribution is 5.26. The van der Waals surface area contributed by atoms with Crippen molar-refractivity contribution in [3.8, 4) is 6.01 Å². The molecular weight excluding hydrogens is 354 g/mol. The van der Waals surface area contributed by atoms with Crippen LogP contribution < -0.4 is 9.64 Å². The summed E-state index contributed by atoms with van der Waals surface area (Å²) in [6.07, 6.45) is 11.1. The zero-order valence-corrected chi connectivity index (χ0v) is 17.1. The molecule has 0 spiro atoms. The number of hydrogen-bond acceptors (Lipinski definition) is 7. The number of rotatable bonds is 7. The van der Waals surface area contributed by atoms with Crippen LogP contribution in [0.5, 0.6) is 6.01 Å². The van der Waals surface area contributed by atoms with E-state index < -0.39 is 0 Å². The fourth-order valence-electron chi connectivity index (χ4n) is 4.06. The van der Waals surface area contributed by atoms with Crippen LogP contribution in [-0.4, -0.2) is 39.8 Å². The third kappa shape index (κ3) is 4.62. The summed E-state index contributed by atoms with van der Waals surface area (Å²) in [6.45, 7) is 6.83. The van der Waals surface area contributed by atoms with Gasteiger partial charge in [-0.15, -0.1) is 0 Å². The summed E-state index contributed by atoms with van der Waals surface area (Å²) in [4.78, 5) is 15.7. The molecule has 1 aliphatic heterocycles. The maximum atomic E-state index is 5.81. The molecule has 2 aromatic heterocycles. The molecule has 2 aliphatic rings. The van der Waals surface area contributed by atoms with Gasteiger partial charge in [0.1, 0.15) is 0 Å². The van der Waals surface area contributed by atoms with E-state index in [9.17, 15) is 0 Å². The molecule has 0 aromatic carbocycles. The highest BCUT2D eigenvalue weighted by atomic mass is 16.5. The van der Waals surface area contributed by atoms with Gasteiger partial charge in [0.15, 0.2) is 5.82 Å². The normalized spacial score (nSPS) is 17.8. The summed E-state index contributed by atoms with van der Waals surface area (Å²) in [5, 5.41) is 4.07. The van der Waals surface area contributed by atoms with Gasteiger partial charge in [-0.3, -0.25) is 0 Å². The lowest BCUT2D eigenvalue weighted by molar-refractivity contribution is 0.259. The summed E-state index contributed by atoms with van der Waals surface area (Å²) < 4.78 is 11.2. The summed E-state index contributed by atoms with van der Waals surface area (Å²) >= 11 is 0. The summed E-state index contributed by atoms with van der Waals surface area (Å²) in [5.74, 6) is 1.82. The fraction of sp³-hybridized carbons (Fsp3) is 0.714. The molecule has 7 heteroatoms. The second-order valence-corrected chi connectivity index (χ2v) is 8.34. The molecule has 0 bridgehead atoms. The molecule has 4 rings (SSSR count). The van der Waals surface area contributed by atoms with E-state index in [1.165, 1.54) is 30.5 Å². The lowest BCUT2D eigenvalue weighted by Gasteiger charge is -2.30. The fourth-order valence-corrected chi connectivity index (χ4v) is 4.06. The maximum absolute atomic E-state index is 5.81. The van der Waals surface area contributed by atoms with E-state index in [4.69, 9.17) is 9.26 Å². The molecular formula is C21H31N5O2. The van der Waals surface area contributed by atoms with Crippen LogP contribution in [0.25, 0.3) is 0 Å². The van der Waals surface area contributed by atoms with Gasteiger partial charge >= 0.3 is 12.0 Å². The number of nitrogens with zero attached hydrogens (tertiary/aromatic N) is 5. The molecule has 1 aliphatic carbocycles. The molecule has 0 unspecified atom stereocenters. The van der Waals surface area contributed by atoms with Crippen LogP contribution in [0.2, 0.25) is 0 Å². The van der Waals surface area contributed by atoms with Crippen LogP contribution >= 0.6 is 0 Å². The second-order valence-electron chi connectivity index (χ2n) is 8.34. The van der Waals surface area contributed by atoms with E-state index >= 15 is 0 Å². The van der Waals surface area contributed by atoms with Gasteiger partial charge in [-0.05, 0) is 62.8 Å². The number of aryl methyl sites for hydroxylation is 2.